The summed E-state index contributed by atoms with van der Waals surface area (Å²) in [7, 11) is 3.32. The van der Waals surface area contributed by atoms with Gasteiger partial charge in [0.2, 0.25) is 0 Å². The summed E-state index contributed by atoms with van der Waals surface area (Å²) in [5, 5.41) is 14.3. The topological polar surface area (TPSA) is 99.0 Å². The molecule has 33 heavy (non-hydrogen) atoms. The number of aromatic amines is 1. The number of hydrogen-bond donors (Lipinski definition) is 1. The maximum atomic E-state index is 6.26. The van der Waals surface area contributed by atoms with Crippen LogP contribution in [-0.2, 0) is 6.42 Å². The van der Waals surface area contributed by atoms with Crippen molar-refractivity contribution in [3.8, 4) is 34.1 Å². The number of aryl methyl sites for hydroxylation is 1. The molecular weight excluding hydrogens is 418 g/mol. The van der Waals surface area contributed by atoms with Gasteiger partial charge in [-0.2, -0.15) is 5.21 Å². The van der Waals surface area contributed by atoms with E-state index in [0.29, 0.717) is 5.92 Å². The summed E-state index contributed by atoms with van der Waals surface area (Å²) in [6.07, 6.45) is 4.99. The van der Waals surface area contributed by atoms with E-state index in [2.05, 4.69) is 27.5 Å². The van der Waals surface area contributed by atoms with Gasteiger partial charge in [-0.15, -0.1) is 10.2 Å². The summed E-state index contributed by atoms with van der Waals surface area (Å²) < 4.78 is 16.8. The van der Waals surface area contributed by atoms with Crippen LogP contribution in [0.1, 0.15) is 50.2 Å². The lowest BCUT2D eigenvalue weighted by molar-refractivity contribution is 0.414. The van der Waals surface area contributed by atoms with Crippen LogP contribution in [0.2, 0.25) is 0 Å². The molecule has 8 nitrogen and oxygen atoms in total. The van der Waals surface area contributed by atoms with Gasteiger partial charge in [0.05, 0.1) is 14.2 Å². The van der Waals surface area contributed by atoms with Crippen LogP contribution in [0.25, 0.3) is 22.6 Å². The van der Waals surface area contributed by atoms with Crippen molar-refractivity contribution in [1.29, 1.82) is 0 Å². The molecule has 4 aromatic rings. The first-order chi connectivity index (χ1) is 16.2. The molecule has 1 atom stereocenters. The third-order valence-corrected chi connectivity index (χ3v) is 5.72. The van der Waals surface area contributed by atoms with Crippen LogP contribution in [0, 0.1) is 0 Å². The second-order valence-corrected chi connectivity index (χ2v) is 8.01. The Morgan fingerprint density at radius 2 is 1.55 bits per heavy atom. The van der Waals surface area contributed by atoms with E-state index in [0.717, 1.165) is 77.9 Å². The highest BCUT2D eigenvalue weighted by atomic mass is 16.5. The molecule has 1 N–H and O–H groups in total. The molecule has 0 radical (unpaired) electrons. The molecule has 172 valence electrons. The minimum Gasteiger partial charge on any atom is -0.497 e. The quantitative estimate of drug-likeness (QED) is 0.305. The molecule has 8 heteroatoms. The zero-order valence-corrected chi connectivity index (χ0v) is 19.2. The van der Waals surface area contributed by atoms with Crippen molar-refractivity contribution >= 4 is 0 Å². The number of oxazole rings is 1. The number of rotatable bonds is 11. The van der Waals surface area contributed by atoms with Crippen molar-refractivity contribution < 1.29 is 13.9 Å². The summed E-state index contributed by atoms with van der Waals surface area (Å²) in [6.45, 7) is 2.13. The van der Waals surface area contributed by atoms with Crippen LogP contribution in [0.5, 0.6) is 11.5 Å². The summed E-state index contributed by atoms with van der Waals surface area (Å²) in [4.78, 5) is 4.86. The number of methoxy groups -OCH3 is 2. The van der Waals surface area contributed by atoms with E-state index in [1.807, 2.05) is 48.5 Å². The molecule has 2 aromatic heterocycles. The lowest BCUT2D eigenvalue weighted by atomic mass is 10.0. The van der Waals surface area contributed by atoms with Gasteiger partial charge in [0.25, 0.3) is 0 Å². The fourth-order valence-electron chi connectivity index (χ4n) is 3.76. The SMILES string of the molecule is COc1ccc(-c2nc(CCCCCC(C)c3nn[nH]n3)oc2-c2ccc(OC)cc2)cc1. The van der Waals surface area contributed by atoms with Crippen molar-refractivity contribution in [2.75, 3.05) is 14.2 Å². The number of hydrogen-bond acceptors (Lipinski definition) is 7. The molecular formula is C25H29N5O3. The average molecular weight is 448 g/mol. The van der Waals surface area contributed by atoms with E-state index in [1.54, 1.807) is 14.2 Å². The lowest BCUT2D eigenvalue weighted by Crippen LogP contribution is -1.97. The third kappa shape index (κ3) is 5.58. The second kappa shape index (κ2) is 10.8. The Kier molecular flexibility index (Phi) is 7.34. The Bertz CT molecular complexity index is 1060. The Morgan fingerprint density at radius 1 is 0.879 bits per heavy atom. The first kappa shape index (κ1) is 22.5. The summed E-state index contributed by atoms with van der Waals surface area (Å²) in [5.41, 5.74) is 2.79. The Balaban J connectivity index is 1.45. The van der Waals surface area contributed by atoms with Crippen LogP contribution in [0.4, 0.5) is 0 Å². The number of tetrazole rings is 1. The van der Waals surface area contributed by atoms with Crippen molar-refractivity contribution in [3.05, 3.63) is 60.2 Å². The number of nitrogens with one attached hydrogen (secondary N) is 1. The van der Waals surface area contributed by atoms with Gasteiger partial charge in [-0.3, -0.25) is 0 Å². The van der Waals surface area contributed by atoms with Gasteiger partial charge in [-0.25, -0.2) is 4.98 Å². The van der Waals surface area contributed by atoms with Crippen LogP contribution in [0.3, 0.4) is 0 Å². The standard InChI is InChI=1S/C25H29N5O3/c1-17(25-27-29-30-28-25)7-5-4-6-8-22-26-23(18-9-13-20(31-2)14-10-18)24(33-22)19-11-15-21(32-3)16-12-19/h9-17H,4-8H2,1-3H3,(H,27,28,29,30). The molecule has 4 rings (SSSR count). The maximum absolute atomic E-state index is 6.26. The molecule has 0 spiro atoms. The first-order valence-corrected chi connectivity index (χ1v) is 11.2. The van der Waals surface area contributed by atoms with Gasteiger partial charge in [0.15, 0.2) is 17.5 Å². The van der Waals surface area contributed by atoms with Gasteiger partial charge >= 0.3 is 0 Å². The fraction of sp³-hybridized carbons (Fsp3) is 0.360. The minimum absolute atomic E-state index is 0.300. The monoisotopic (exact) mass is 447 g/mol. The predicted octanol–water partition coefficient (Wildman–Crippen LogP) is 5.45. The number of ether oxygens (including phenoxy) is 2. The summed E-state index contributed by atoms with van der Waals surface area (Å²) >= 11 is 0. The van der Waals surface area contributed by atoms with E-state index >= 15 is 0 Å². The van der Waals surface area contributed by atoms with Crippen molar-refractivity contribution in [2.45, 2.75) is 44.9 Å². The number of nitrogens with zero attached hydrogens (tertiary/aromatic N) is 4. The molecule has 2 heterocycles. The Hall–Kier alpha value is -3.68. The number of benzene rings is 2. The van der Waals surface area contributed by atoms with Crippen molar-refractivity contribution in [3.63, 3.8) is 0 Å². The Morgan fingerprint density at radius 3 is 2.15 bits per heavy atom. The molecule has 0 aliphatic carbocycles. The van der Waals surface area contributed by atoms with Gasteiger partial charge in [-0.05, 0) is 61.4 Å². The summed E-state index contributed by atoms with van der Waals surface area (Å²) in [6, 6.07) is 15.7. The Labute approximate surface area is 193 Å². The van der Waals surface area contributed by atoms with Crippen molar-refractivity contribution in [2.24, 2.45) is 0 Å². The highest BCUT2D eigenvalue weighted by Crippen LogP contribution is 2.34. The average Bonchev–Trinajstić information content (AvgIpc) is 3.55. The molecule has 0 saturated carbocycles. The molecule has 0 aliphatic rings. The zero-order chi connectivity index (χ0) is 23.0. The number of unbranched alkanes of at least 4 members (excludes halogenated alkanes) is 2. The van der Waals surface area contributed by atoms with Gasteiger partial charge < -0.3 is 13.9 Å². The smallest absolute Gasteiger partial charge is 0.195 e. The molecule has 2 aromatic carbocycles. The first-order valence-electron chi connectivity index (χ1n) is 11.2. The largest absolute Gasteiger partial charge is 0.497 e. The van der Waals surface area contributed by atoms with E-state index in [-0.39, 0.29) is 0 Å². The fourth-order valence-corrected chi connectivity index (χ4v) is 3.76. The summed E-state index contributed by atoms with van der Waals surface area (Å²) in [5.74, 6) is 4.20. The van der Waals surface area contributed by atoms with E-state index in [9.17, 15) is 0 Å². The predicted molar refractivity (Wildman–Crippen MR) is 125 cm³/mol. The molecule has 0 fully saturated rings. The van der Waals surface area contributed by atoms with Gasteiger partial charge in [-0.1, -0.05) is 25.0 Å². The normalized spacial score (nSPS) is 12.0. The van der Waals surface area contributed by atoms with E-state index in [1.165, 1.54) is 0 Å². The molecule has 0 amide bonds. The molecule has 0 aliphatic heterocycles. The van der Waals surface area contributed by atoms with Crippen LogP contribution < -0.4 is 9.47 Å². The lowest BCUT2D eigenvalue weighted by Gasteiger charge is -2.05. The number of H-pyrrole nitrogens is 1. The van der Waals surface area contributed by atoms with Crippen LogP contribution in [0.15, 0.2) is 52.9 Å². The van der Waals surface area contributed by atoms with E-state index < -0.39 is 0 Å². The van der Waals surface area contributed by atoms with Crippen molar-refractivity contribution in [1.82, 2.24) is 25.6 Å². The van der Waals surface area contributed by atoms with E-state index in [4.69, 9.17) is 18.9 Å². The minimum atomic E-state index is 0.300. The molecule has 1 unspecified atom stereocenters. The van der Waals surface area contributed by atoms with Gasteiger partial charge in [0, 0.05) is 23.5 Å². The van der Waals surface area contributed by atoms with Crippen LogP contribution >= 0.6 is 0 Å². The third-order valence-electron chi connectivity index (χ3n) is 5.72. The second-order valence-electron chi connectivity index (χ2n) is 8.01. The van der Waals surface area contributed by atoms with Crippen LogP contribution in [-0.4, -0.2) is 39.8 Å². The molecule has 0 saturated heterocycles. The number of aromatic nitrogens is 5. The zero-order valence-electron chi connectivity index (χ0n) is 19.2. The van der Waals surface area contributed by atoms with Gasteiger partial charge in [0.1, 0.15) is 17.2 Å². The highest BCUT2D eigenvalue weighted by molar-refractivity contribution is 5.77. The highest BCUT2D eigenvalue weighted by Gasteiger charge is 2.17. The maximum Gasteiger partial charge on any atom is 0.195 e. The molecule has 0 bridgehead atoms.